The zero-order chi connectivity index (χ0) is 9.76. The van der Waals surface area contributed by atoms with Crippen LogP contribution in [0.1, 0.15) is 39.5 Å². The van der Waals surface area contributed by atoms with Crippen molar-refractivity contribution < 1.29 is 0 Å². The predicted molar refractivity (Wildman–Crippen MR) is 59.2 cm³/mol. The molecule has 2 saturated carbocycles. The van der Waals surface area contributed by atoms with E-state index in [-0.39, 0.29) is 0 Å². The fourth-order valence-electron chi connectivity index (χ4n) is 3.95. The van der Waals surface area contributed by atoms with E-state index < -0.39 is 0 Å². The molecule has 80 valence electrons. The average molecular weight is 193 g/mol. The summed E-state index contributed by atoms with van der Waals surface area (Å²) in [6, 6.07) is 0. The van der Waals surface area contributed by atoms with Crippen molar-refractivity contribution in [1.82, 2.24) is 4.90 Å². The van der Waals surface area contributed by atoms with Gasteiger partial charge in [0.15, 0.2) is 0 Å². The van der Waals surface area contributed by atoms with Gasteiger partial charge in [-0.15, -0.1) is 0 Å². The summed E-state index contributed by atoms with van der Waals surface area (Å²) in [6.45, 7) is 8.99. The lowest BCUT2D eigenvalue weighted by Gasteiger charge is -2.38. The average Bonchev–Trinajstić information content (AvgIpc) is 2.55. The third-order valence-corrected chi connectivity index (χ3v) is 5.00. The summed E-state index contributed by atoms with van der Waals surface area (Å²) in [7, 11) is 0. The van der Waals surface area contributed by atoms with Gasteiger partial charge < -0.3 is 4.90 Å². The van der Waals surface area contributed by atoms with Crippen molar-refractivity contribution >= 4 is 0 Å². The Balaban J connectivity index is 1.47. The molecule has 0 bridgehead atoms. The monoisotopic (exact) mass is 193 g/mol. The molecule has 1 heterocycles. The molecule has 0 amide bonds. The van der Waals surface area contributed by atoms with E-state index in [2.05, 4.69) is 18.7 Å². The van der Waals surface area contributed by atoms with Crippen LogP contribution in [-0.2, 0) is 0 Å². The first-order valence-corrected chi connectivity index (χ1v) is 6.40. The third kappa shape index (κ3) is 1.41. The Morgan fingerprint density at radius 1 is 1.21 bits per heavy atom. The summed E-state index contributed by atoms with van der Waals surface area (Å²) in [5.74, 6) is 3.08. The van der Waals surface area contributed by atoms with Crippen LogP contribution in [0.4, 0.5) is 0 Å². The van der Waals surface area contributed by atoms with Gasteiger partial charge in [-0.25, -0.2) is 0 Å². The first kappa shape index (κ1) is 9.21. The highest BCUT2D eigenvalue weighted by atomic mass is 15.2. The Labute approximate surface area is 87.9 Å². The molecule has 1 nitrogen and oxygen atoms in total. The van der Waals surface area contributed by atoms with Gasteiger partial charge in [-0.1, -0.05) is 13.8 Å². The normalized spacial score (nSPS) is 48.4. The van der Waals surface area contributed by atoms with E-state index in [9.17, 15) is 0 Å². The Morgan fingerprint density at radius 2 is 1.93 bits per heavy atom. The predicted octanol–water partition coefficient (Wildman–Crippen LogP) is 2.76. The zero-order valence-electron chi connectivity index (χ0n) is 9.63. The Morgan fingerprint density at radius 3 is 2.43 bits per heavy atom. The fourth-order valence-corrected chi connectivity index (χ4v) is 3.95. The van der Waals surface area contributed by atoms with Crippen LogP contribution in [0, 0.1) is 23.2 Å². The lowest BCUT2D eigenvalue weighted by molar-refractivity contribution is 0.0921. The van der Waals surface area contributed by atoms with Gasteiger partial charge in [0, 0.05) is 19.6 Å². The van der Waals surface area contributed by atoms with Gasteiger partial charge in [0.1, 0.15) is 0 Å². The maximum atomic E-state index is 2.67. The smallest absolute Gasteiger partial charge is 0.00195 e. The van der Waals surface area contributed by atoms with Gasteiger partial charge in [-0.05, 0) is 48.9 Å². The minimum Gasteiger partial charge on any atom is -0.302 e. The second-order valence-corrected chi connectivity index (χ2v) is 6.40. The largest absolute Gasteiger partial charge is 0.302 e. The molecule has 0 N–H and O–H groups in total. The molecule has 1 saturated heterocycles. The highest BCUT2D eigenvalue weighted by molar-refractivity contribution is 5.05. The maximum absolute atomic E-state index is 2.67. The molecule has 3 fully saturated rings. The minimum absolute atomic E-state index is 0.848. The molecule has 1 spiro atoms. The van der Waals surface area contributed by atoms with E-state index in [4.69, 9.17) is 0 Å². The molecule has 3 unspecified atom stereocenters. The molecule has 0 aromatic carbocycles. The first-order chi connectivity index (χ1) is 6.68. The van der Waals surface area contributed by atoms with Crippen molar-refractivity contribution in [2.24, 2.45) is 23.2 Å². The zero-order valence-corrected chi connectivity index (χ0v) is 9.63. The lowest BCUT2D eigenvalue weighted by atomic mass is 9.97. The van der Waals surface area contributed by atoms with Crippen molar-refractivity contribution in [1.29, 1.82) is 0 Å². The van der Waals surface area contributed by atoms with Crippen molar-refractivity contribution in [2.75, 3.05) is 19.6 Å². The van der Waals surface area contributed by atoms with Crippen LogP contribution in [-0.4, -0.2) is 24.5 Å². The van der Waals surface area contributed by atoms with Gasteiger partial charge in [-0.2, -0.15) is 0 Å². The van der Waals surface area contributed by atoms with Crippen molar-refractivity contribution in [3.8, 4) is 0 Å². The highest BCUT2D eigenvalue weighted by Crippen LogP contribution is 2.64. The molecular weight excluding hydrogens is 170 g/mol. The van der Waals surface area contributed by atoms with Crippen LogP contribution in [0.15, 0.2) is 0 Å². The van der Waals surface area contributed by atoms with Crippen molar-refractivity contribution in [3.05, 3.63) is 0 Å². The van der Waals surface area contributed by atoms with Gasteiger partial charge in [0.05, 0.1) is 0 Å². The van der Waals surface area contributed by atoms with Crippen LogP contribution in [0.2, 0.25) is 0 Å². The molecular formula is C13H23N. The molecule has 2 aliphatic carbocycles. The third-order valence-electron chi connectivity index (χ3n) is 5.00. The van der Waals surface area contributed by atoms with E-state index in [1.54, 1.807) is 19.3 Å². The van der Waals surface area contributed by atoms with Gasteiger partial charge in [0.2, 0.25) is 0 Å². The standard InChI is InChI=1S/C13H23N/c1-10-7-14(8-10)9-12-3-4-13(6-12)5-11(13)2/h10-12H,3-9H2,1-2H3. The van der Waals surface area contributed by atoms with E-state index in [1.165, 1.54) is 26.1 Å². The van der Waals surface area contributed by atoms with Crippen LogP contribution in [0.3, 0.4) is 0 Å². The van der Waals surface area contributed by atoms with E-state index in [0.717, 1.165) is 23.2 Å². The lowest BCUT2D eigenvalue weighted by Crippen LogP contribution is -2.46. The Kier molecular flexibility index (Phi) is 1.96. The Bertz CT molecular complexity index is 231. The SMILES string of the molecule is CC1CN(CC2CCC3(C2)CC3C)C1. The number of hydrogen-bond acceptors (Lipinski definition) is 1. The quantitative estimate of drug-likeness (QED) is 0.652. The summed E-state index contributed by atoms with van der Waals surface area (Å²) in [5.41, 5.74) is 0.848. The Hall–Kier alpha value is -0.0400. The summed E-state index contributed by atoms with van der Waals surface area (Å²) in [5, 5.41) is 0. The van der Waals surface area contributed by atoms with Crippen LogP contribution < -0.4 is 0 Å². The van der Waals surface area contributed by atoms with Gasteiger partial charge >= 0.3 is 0 Å². The van der Waals surface area contributed by atoms with E-state index in [0.29, 0.717) is 0 Å². The molecule has 14 heavy (non-hydrogen) atoms. The van der Waals surface area contributed by atoms with Gasteiger partial charge in [0.25, 0.3) is 0 Å². The van der Waals surface area contributed by atoms with Crippen molar-refractivity contribution in [2.45, 2.75) is 39.5 Å². The fraction of sp³-hybridized carbons (Fsp3) is 1.00. The molecule has 0 aromatic rings. The molecule has 0 aromatic heterocycles. The summed E-state index contributed by atoms with van der Waals surface area (Å²) in [6.07, 6.45) is 6.16. The molecule has 3 atom stereocenters. The van der Waals surface area contributed by atoms with Crippen LogP contribution in [0.25, 0.3) is 0 Å². The van der Waals surface area contributed by atoms with Gasteiger partial charge in [-0.3, -0.25) is 0 Å². The number of nitrogens with zero attached hydrogens (tertiary/aromatic N) is 1. The number of hydrogen-bond donors (Lipinski definition) is 0. The number of rotatable bonds is 2. The van der Waals surface area contributed by atoms with Crippen LogP contribution >= 0.6 is 0 Å². The molecule has 0 radical (unpaired) electrons. The molecule has 3 aliphatic rings. The highest BCUT2D eigenvalue weighted by Gasteiger charge is 2.54. The molecule has 1 aliphatic heterocycles. The number of likely N-dealkylation sites (tertiary alicyclic amines) is 1. The maximum Gasteiger partial charge on any atom is 0.00195 e. The summed E-state index contributed by atoms with van der Waals surface area (Å²) < 4.78 is 0. The molecule has 3 rings (SSSR count). The van der Waals surface area contributed by atoms with Crippen LogP contribution in [0.5, 0.6) is 0 Å². The topological polar surface area (TPSA) is 3.24 Å². The minimum atomic E-state index is 0.848. The van der Waals surface area contributed by atoms with Crippen molar-refractivity contribution in [3.63, 3.8) is 0 Å². The molecule has 1 heteroatoms. The second-order valence-electron chi connectivity index (χ2n) is 6.40. The van der Waals surface area contributed by atoms with E-state index in [1.807, 2.05) is 0 Å². The van der Waals surface area contributed by atoms with E-state index >= 15 is 0 Å². The summed E-state index contributed by atoms with van der Waals surface area (Å²) in [4.78, 5) is 2.67. The first-order valence-electron chi connectivity index (χ1n) is 6.40. The summed E-state index contributed by atoms with van der Waals surface area (Å²) >= 11 is 0. The second kappa shape index (κ2) is 2.98.